The number of hydrogen-bond donors (Lipinski definition) is 1. The van der Waals surface area contributed by atoms with Crippen LogP contribution in [-0.4, -0.2) is 29.8 Å². The van der Waals surface area contributed by atoms with Gasteiger partial charge in [0.15, 0.2) is 0 Å². The van der Waals surface area contributed by atoms with E-state index >= 15 is 0 Å². The molecule has 1 aromatic heterocycles. The van der Waals surface area contributed by atoms with Crippen molar-refractivity contribution in [2.24, 2.45) is 21.2 Å². The van der Waals surface area contributed by atoms with E-state index in [1.165, 1.54) is 0 Å². The summed E-state index contributed by atoms with van der Waals surface area (Å²) < 4.78 is 0. The van der Waals surface area contributed by atoms with E-state index in [1.807, 2.05) is 32.2 Å². The molecule has 0 spiro atoms. The van der Waals surface area contributed by atoms with Crippen molar-refractivity contribution >= 4 is 30.1 Å². The fourth-order valence-corrected chi connectivity index (χ4v) is 3.61. The number of nitrogens with two attached hydrogens (primary N) is 1. The highest BCUT2D eigenvalue weighted by Crippen LogP contribution is 2.46. The lowest BCUT2D eigenvalue weighted by Gasteiger charge is -2.26. The maximum atomic E-state index is 6.25. The Morgan fingerprint density at radius 3 is 2.70 bits per heavy atom. The molecule has 1 aliphatic heterocycles. The van der Waals surface area contributed by atoms with Gasteiger partial charge < -0.3 is 5.73 Å². The Balaban J connectivity index is 2.24. The number of hydrogen-bond acceptors (Lipinski definition) is 5. The molecule has 5 nitrogen and oxygen atoms in total. The molecule has 2 rings (SSSR count). The second-order valence-corrected chi connectivity index (χ2v) is 7.96. The van der Waals surface area contributed by atoms with Gasteiger partial charge in [0.1, 0.15) is 16.7 Å². The minimum atomic E-state index is 0.173. The SMILES string of the molecule is C=NC1=C(/C(N)=N/N(C)c2cccc(C)n2)CC(C(C)(C)C)S1. The summed E-state index contributed by atoms with van der Waals surface area (Å²) in [5, 5.41) is 7.50. The van der Waals surface area contributed by atoms with Crippen molar-refractivity contribution in [1.82, 2.24) is 4.98 Å². The Morgan fingerprint density at radius 1 is 1.43 bits per heavy atom. The lowest BCUT2D eigenvalue weighted by Crippen LogP contribution is -2.25. The van der Waals surface area contributed by atoms with E-state index < -0.39 is 0 Å². The topological polar surface area (TPSA) is 66.9 Å². The number of rotatable bonds is 4. The van der Waals surface area contributed by atoms with Gasteiger partial charge in [-0.25, -0.2) is 9.99 Å². The normalized spacial score (nSPS) is 19.2. The maximum Gasteiger partial charge on any atom is 0.149 e. The third-order valence-corrected chi connectivity index (χ3v) is 5.54. The van der Waals surface area contributed by atoms with Gasteiger partial charge in [-0.3, -0.25) is 4.99 Å². The molecule has 0 amide bonds. The van der Waals surface area contributed by atoms with Crippen molar-refractivity contribution < 1.29 is 0 Å². The molecule has 0 saturated carbocycles. The van der Waals surface area contributed by atoms with Crippen LogP contribution >= 0.6 is 11.8 Å². The van der Waals surface area contributed by atoms with Gasteiger partial charge in [-0.2, -0.15) is 5.10 Å². The average Bonchev–Trinajstić information content (AvgIpc) is 2.91. The summed E-state index contributed by atoms with van der Waals surface area (Å²) in [6, 6.07) is 5.82. The zero-order chi connectivity index (χ0) is 17.2. The summed E-state index contributed by atoms with van der Waals surface area (Å²) in [5.41, 5.74) is 8.34. The quantitative estimate of drug-likeness (QED) is 0.520. The summed E-state index contributed by atoms with van der Waals surface area (Å²) >= 11 is 1.73. The molecule has 2 N–H and O–H groups in total. The van der Waals surface area contributed by atoms with E-state index in [4.69, 9.17) is 5.73 Å². The summed E-state index contributed by atoms with van der Waals surface area (Å²) in [4.78, 5) is 8.60. The molecule has 1 unspecified atom stereocenters. The Hall–Kier alpha value is -1.82. The van der Waals surface area contributed by atoms with Crippen LogP contribution in [0.5, 0.6) is 0 Å². The average molecular weight is 331 g/mol. The molecule has 0 saturated heterocycles. The van der Waals surface area contributed by atoms with Crippen LogP contribution < -0.4 is 10.7 Å². The Bertz CT molecular complexity index is 657. The van der Waals surface area contributed by atoms with Gasteiger partial charge in [-0.1, -0.05) is 26.8 Å². The zero-order valence-corrected chi connectivity index (χ0v) is 15.3. The van der Waals surface area contributed by atoms with Crippen LogP contribution in [0.3, 0.4) is 0 Å². The van der Waals surface area contributed by atoms with Gasteiger partial charge in [-0.05, 0) is 37.6 Å². The van der Waals surface area contributed by atoms with Crippen LogP contribution in [0.1, 0.15) is 32.9 Å². The molecule has 1 aliphatic rings. The first-order valence-electron chi connectivity index (χ1n) is 7.60. The number of pyridine rings is 1. The first-order valence-corrected chi connectivity index (χ1v) is 8.48. The molecular weight excluding hydrogens is 306 g/mol. The van der Waals surface area contributed by atoms with Crippen molar-refractivity contribution in [3.05, 3.63) is 34.5 Å². The summed E-state index contributed by atoms with van der Waals surface area (Å²) in [7, 11) is 1.85. The first kappa shape index (κ1) is 17.5. The van der Waals surface area contributed by atoms with E-state index in [9.17, 15) is 0 Å². The number of amidine groups is 1. The highest BCUT2D eigenvalue weighted by atomic mass is 32.2. The predicted molar refractivity (Wildman–Crippen MR) is 101 cm³/mol. The lowest BCUT2D eigenvalue weighted by molar-refractivity contribution is 0.397. The molecule has 1 atom stereocenters. The first-order chi connectivity index (χ1) is 10.7. The molecule has 0 radical (unpaired) electrons. The van der Waals surface area contributed by atoms with Crippen LogP contribution in [-0.2, 0) is 0 Å². The number of aliphatic imine (C=N–C) groups is 1. The minimum Gasteiger partial charge on any atom is -0.382 e. The van der Waals surface area contributed by atoms with Crippen molar-refractivity contribution in [3.63, 3.8) is 0 Å². The van der Waals surface area contributed by atoms with Crippen LogP contribution in [0, 0.1) is 12.3 Å². The Labute approximate surface area is 142 Å². The van der Waals surface area contributed by atoms with Gasteiger partial charge in [-0.15, -0.1) is 11.8 Å². The zero-order valence-electron chi connectivity index (χ0n) is 14.5. The minimum absolute atomic E-state index is 0.173. The number of aromatic nitrogens is 1. The Kier molecular flexibility index (Phi) is 5.14. The number of nitrogens with zero attached hydrogens (tertiary/aromatic N) is 4. The molecule has 0 bridgehead atoms. The number of anilines is 1. The summed E-state index contributed by atoms with van der Waals surface area (Å²) in [6.07, 6.45) is 0.854. The number of thioether (sulfide) groups is 1. The second kappa shape index (κ2) is 6.74. The van der Waals surface area contributed by atoms with Gasteiger partial charge in [0.25, 0.3) is 0 Å². The van der Waals surface area contributed by atoms with E-state index in [0.717, 1.165) is 28.5 Å². The molecular formula is C17H25N5S. The van der Waals surface area contributed by atoms with Gasteiger partial charge in [0.05, 0.1) is 0 Å². The fraction of sp³-hybridized carbons (Fsp3) is 0.471. The molecule has 0 aliphatic carbocycles. The smallest absolute Gasteiger partial charge is 0.149 e. The van der Waals surface area contributed by atoms with Crippen LogP contribution in [0.2, 0.25) is 0 Å². The molecule has 23 heavy (non-hydrogen) atoms. The predicted octanol–water partition coefficient (Wildman–Crippen LogP) is 3.56. The van der Waals surface area contributed by atoms with Crippen molar-refractivity contribution in [1.29, 1.82) is 0 Å². The van der Waals surface area contributed by atoms with Gasteiger partial charge >= 0.3 is 0 Å². The van der Waals surface area contributed by atoms with E-state index in [0.29, 0.717) is 11.1 Å². The molecule has 1 aromatic rings. The molecule has 0 fully saturated rings. The Morgan fingerprint density at radius 2 is 2.13 bits per heavy atom. The highest BCUT2D eigenvalue weighted by Gasteiger charge is 2.34. The van der Waals surface area contributed by atoms with Crippen LogP contribution in [0.4, 0.5) is 5.82 Å². The molecule has 6 heteroatoms. The third kappa shape index (κ3) is 4.13. The molecule has 0 aromatic carbocycles. The van der Waals surface area contributed by atoms with Crippen LogP contribution in [0.15, 0.2) is 38.9 Å². The van der Waals surface area contributed by atoms with Gasteiger partial charge in [0.2, 0.25) is 0 Å². The second-order valence-electron chi connectivity index (χ2n) is 6.76. The largest absolute Gasteiger partial charge is 0.382 e. The number of hydrazone groups is 1. The van der Waals surface area contributed by atoms with Crippen molar-refractivity contribution in [2.45, 2.75) is 39.4 Å². The highest BCUT2D eigenvalue weighted by molar-refractivity contribution is 8.04. The van der Waals surface area contributed by atoms with E-state index in [1.54, 1.807) is 16.8 Å². The summed E-state index contributed by atoms with van der Waals surface area (Å²) in [6.45, 7) is 12.3. The lowest BCUT2D eigenvalue weighted by atomic mass is 9.88. The fourth-order valence-electron chi connectivity index (χ4n) is 2.33. The third-order valence-electron chi connectivity index (χ3n) is 3.78. The summed E-state index contributed by atoms with van der Waals surface area (Å²) in [5.74, 6) is 1.25. The van der Waals surface area contributed by atoms with Crippen LogP contribution in [0.25, 0.3) is 0 Å². The maximum absolute atomic E-state index is 6.25. The van der Waals surface area contributed by atoms with Gasteiger partial charge in [0, 0.05) is 23.6 Å². The standard InChI is InChI=1S/C17H25N5S/c1-11-8-7-9-14(20-11)22(6)21-15(18)12-10-13(17(2,3)4)23-16(12)19-5/h7-9,13H,5,10H2,1-4,6H3,(H2,18,21). The molecule has 2 heterocycles. The molecule has 124 valence electrons. The van der Waals surface area contributed by atoms with Crippen molar-refractivity contribution in [2.75, 3.05) is 12.1 Å². The van der Waals surface area contributed by atoms with E-state index in [-0.39, 0.29) is 5.41 Å². The van der Waals surface area contributed by atoms with E-state index in [2.05, 4.69) is 42.6 Å². The monoisotopic (exact) mass is 331 g/mol. The number of aryl methyl sites for hydroxylation is 1. The van der Waals surface area contributed by atoms with Crippen molar-refractivity contribution in [3.8, 4) is 0 Å².